The summed E-state index contributed by atoms with van der Waals surface area (Å²) in [5.74, 6) is -0.473. The predicted octanol–water partition coefficient (Wildman–Crippen LogP) is 11.3. The fourth-order valence-electron chi connectivity index (χ4n) is 15.4. The molecule has 4 saturated carbocycles. The van der Waals surface area contributed by atoms with Crippen LogP contribution >= 0.6 is 7.37 Å². The molecule has 448 valence electrons. The molecule has 0 radical (unpaired) electrons. The zero-order valence-electron chi connectivity index (χ0n) is 50.0. The van der Waals surface area contributed by atoms with E-state index in [2.05, 4.69) is 43.1 Å². The minimum Gasteiger partial charge on any atom is -0.444 e. The molecule has 0 aromatic heterocycles. The molecular weight excluding hydrogens is 1050 g/mol. The molecular formula is C65H96FN3O11P+. The van der Waals surface area contributed by atoms with Crippen LogP contribution in [0, 0.1) is 28.6 Å². The van der Waals surface area contributed by atoms with E-state index in [1.807, 2.05) is 45.9 Å². The van der Waals surface area contributed by atoms with Crippen LogP contribution < -0.4 is 4.52 Å². The maximum Gasteiger partial charge on any atom is 0.410 e. The van der Waals surface area contributed by atoms with E-state index >= 15 is 9.18 Å². The number of unbranched alkanes of at least 4 members (excludes halogenated alkanes) is 4. The van der Waals surface area contributed by atoms with E-state index in [1.54, 1.807) is 36.4 Å². The number of hydrogen-bond acceptors (Lipinski definition) is 12. The number of nitrogens with zero attached hydrogens (tertiary/aromatic N) is 3. The molecule has 2 saturated heterocycles. The smallest absolute Gasteiger partial charge is 0.410 e. The van der Waals surface area contributed by atoms with E-state index in [0.29, 0.717) is 80.9 Å². The molecule has 2 N–H and O–H groups in total. The van der Waals surface area contributed by atoms with Crippen LogP contribution in [0.4, 0.5) is 9.18 Å². The Kier molecular flexibility index (Phi) is 19.1. The molecule has 14 nitrogen and oxygen atoms in total. The van der Waals surface area contributed by atoms with Gasteiger partial charge in [-0.25, -0.2) is 9.18 Å². The maximum atomic E-state index is 18.3. The summed E-state index contributed by atoms with van der Waals surface area (Å²) < 4.78 is 64.3. The van der Waals surface area contributed by atoms with Gasteiger partial charge in [0.2, 0.25) is 7.37 Å². The van der Waals surface area contributed by atoms with Crippen LogP contribution in [0.5, 0.6) is 5.75 Å². The zero-order valence-corrected chi connectivity index (χ0v) is 50.9. The van der Waals surface area contributed by atoms with Crippen LogP contribution in [-0.2, 0) is 46.1 Å². The number of piperazine rings is 1. The van der Waals surface area contributed by atoms with Crippen molar-refractivity contribution >= 4 is 25.0 Å². The lowest BCUT2D eigenvalue weighted by Gasteiger charge is -2.62. The van der Waals surface area contributed by atoms with E-state index < -0.39 is 71.7 Å². The molecule has 0 bridgehead atoms. The van der Waals surface area contributed by atoms with Gasteiger partial charge in [-0.15, -0.1) is 0 Å². The van der Waals surface area contributed by atoms with Crippen molar-refractivity contribution in [2.75, 3.05) is 79.4 Å². The van der Waals surface area contributed by atoms with Crippen molar-refractivity contribution < 1.29 is 61.5 Å². The number of quaternary nitrogens is 1. The second-order valence-electron chi connectivity index (χ2n) is 27.3. The van der Waals surface area contributed by atoms with Gasteiger partial charge in [0.1, 0.15) is 17.9 Å². The maximum absolute atomic E-state index is 18.3. The lowest BCUT2D eigenvalue weighted by atomic mass is 9.44. The van der Waals surface area contributed by atoms with Crippen LogP contribution in [0.2, 0.25) is 0 Å². The van der Waals surface area contributed by atoms with Crippen LogP contribution in [0.25, 0.3) is 0 Å². The second-order valence-corrected chi connectivity index (χ2v) is 30.0. The molecule has 5 aliphatic carbocycles. The Balaban J connectivity index is 0.830. The molecule has 2 aromatic carbocycles. The van der Waals surface area contributed by atoms with Crippen molar-refractivity contribution in [3.8, 4) is 5.75 Å². The molecule has 10 atom stereocenters. The number of rotatable bonds is 23. The molecule has 1 unspecified atom stereocenters. The van der Waals surface area contributed by atoms with E-state index in [4.69, 9.17) is 23.5 Å². The summed E-state index contributed by atoms with van der Waals surface area (Å²) in [6, 6.07) is 16.1. The summed E-state index contributed by atoms with van der Waals surface area (Å²) in [5.41, 5.74) is -2.69. The Labute approximate surface area is 482 Å². The predicted molar refractivity (Wildman–Crippen MR) is 312 cm³/mol. The molecule has 81 heavy (non-hydrogen) atoms. The van der Waals surface area contributed by atoms with E-state index in [0.717, 1.165) is 94.8 Å². The molecule has 2 aliphatic heterocycles. The molecule has 0 spiro atoms. The average Bonchev–Trinajstić information content (AvgIpc) is 4.15. The number of Topliss-reactive ketones (excluding diaryl/α,β-unsaturated/α-hetero) is 1. The van der Waals surface area contributed by atoms with Crippen molar-refractivity contribution in [3.05, 3.63) is 89.0 Å². The highest BCUT2D eigenvalue weighted by molar-refractivity contribution is 7.57. The number of carbonyl (C=O) groups excluding carboxylic acids is 3. The Hall–Kier alpha value is -3.79. The number of benzene rings is 2. The van der Waals surface area contributed by atoms with Crippen molar-refractivity contribution in [1.82, 2.24) is 9.80 Å². The summed E-state index contributed by atoms with van der Waals surface area (Å²) in [6.07, 6.45) is 14.1. The number of ketones is 2. The summed E-state index contributed by atoms with van der Waals surface area (Å²) in [7, 11) is -0.882. The number of aliphatic hydroxyl groups is 2. The monoisotopic (exact) mass is 1140 g/mol. The second kappa shape index (κ2) is 25.0. The third kappa shape index (κ3) is 13.4. The minimum absolute atomic E-state index is 0.00865. The van der Waals surface area contributed by atoms with Crippen LogP contribution in [0.3, 0.4) is 0 Å². The van der Waals surface area contributed by atoms with Crippen LogP contribution in [0.1, 0.15) is 154 Å². The Bertz CT molecular complexity index is 2640. The average molecular weight is 1150 g/mol. The Morgan fingerprint density at radius 2 is 1.65 bits per heavy atom. The quantitative estimate of drug-likeness (QED) is 0.0616. The van der Waals surface area contributed by atoms with Crippen molar-refractivity contribution in [2.45, 2.75) is 185 Å². The lowest BCUT2D eigenvalue weighted by molar-refractivity contribution is -0.926. The minimum atomic E-state index is -3.06. The van der Waals surface area contributed by atoms with Gasteiger partial charge in [0.15, 0.2) is 29.1 Å². The van der Waals surface area contributed by atoms with E-state index in [1.165, 1.54) is 11.6 Å². The molecule has 7 aliphatic rings. The number of amides is 1. The number of aliphatic hydroxyl groups excluding tert-OH is 2. The first-order valence-electron chi connectivity index (χ1n) is 30.8. The number of hydrogen-bond donors (Lipinski definition) is 2. The first-order chi connectivity index (χ1) is 38.4. The molecule has 16 heteroatoms. The van der Waals surface area contributed by atoms with Gasteiger partial charge in [-0.3, -0.25) is 19.1 Å². The van der Waals surface area contributed by atoms with Gasteiger partial charge in [0.05, 0.1) is 51.5 Å². The van der Waals surface area contributed by atoms with Gasteiger partial charge in [-0.2, -0.15) is 0 Å². The number of allylic oxidation sites excluding steroid dienone is 4. The van der Waals surface area contributed by atoms with E-state index in [9.17, 15) is 24.4 Å². The number of aryl methyl sites for hydroxylation is 1. The van der Waals surface area contributed by atoms with Crippen molar-refractivity contribution in [3.63, 3.8) is 0 Å². The van der Waals surface area contributed by atoms with Gasteiger partial charge >= 0.3 is 6.09 Å². The summed E-state index contributed by atoms with van der Waals surface area (Å²) >= 11 is 0. The normalized spacial score (nSPS) is 31.6. The Morgan fingerprint density at radius 3 is 2.36 bits per heavy atom. The Morgan fingerprint density at radius 1 is 0.951 bits per heavy atom. The van der Waals surface area contributed by atoms with E-state index in [-0.39, 0.29) is 42.9 Å². The number of likely N-dealkylation sites (N-methyl/N-ethyl adjacent to an activating group) is 1. The highest BCUT2D eigenvalue weighted by Gasteiger charge is 2.79. The van der Waals surface area contributed by atoms with Crippen LogP contribution in [-0.4, -0.2) is 157 Å². The number of alkyl halides is 1. The fraction of sp³-hybridized carbons (Fsp3) is 0.708. The molecule has 6 fully saturated rings. The molecule has 1 amide bonds. The molecule has 2 heterocycles. The van der Waals surface area contributed by atoms with Crippen molar-refractivity contribution in [2.24, 2.45) is 28.6 Å². The van der Waals surface area contributed by atoms with Gasteiger partial charge in [-0.05, 0) is 140 Å². The van der Waals surface area contributed by atoms with Gasteiger partial charge in [0.25, 0.3) is 0 Å². The fourth-order valence-corrected chi connectivity index (χ4v) is 16.0. The first-order valence-corrected chi connectivity index (χ1v) is 33.3. The summed E-state index contributed by atoms with van der Waals surface area (Å²) in [6.45, 7) is 17.7. The standard InChI is InChI=1S/C65H96FN3O11P/c1-61(2,3)79-60(74)68(32-18-9-10-19-37-76-38-20-17-23-46-21-13-11-14-22-46)43-54(71)48-26-27-49(55(39-48)80-81(7,8)75)45-69(6)35-33-67(34-36-69)44-57(73)65-58(77-59(78-65)47-24-15-12-16-25-47)41-53-52-29-28-50-40-51(70)30-31-62(50,4)64(52,66)56(72)42-63(53,65)5/h11,13-14,21-22,26-27,30-31,39-40,47,52-54,56,58-59,71-72H,9-10,12,15-20,23-25,28-29,32-38,41-45H2,1-8H3/q+1/t52-,53-,54?,56-,58+,59+,62-,63-,64-,65+/m0/s1. The van der Waals surface area contributed by atoms with Gasteiger partial charge in [-0.1, -0.05) is 87.1 Å². The number of carbonyl (C=O) groups is 3. The van der Waals surface area contributed by atoms with Gasteiger partial charge < -0.3 is 43.1 Å². The van der Waals surface area contributed by atoms with Crippen molar-refractivity contribution in [1.29, 1.82) is 0 Å². The number of fused-ring (bicyclic) bond motifs is 7. The first kappa shape index (κ1) is 61.8. The lowest BCUT2D eigenvalue weighted by Crippen LogP contribution is -2.70. The SMILES string of the molecule is CC(C)(C)OC(=O)N(CCCCCCOCCCCc1ccccc1)CC(O)c1ccc(C[N+]2(C)CCN(CC(=O)[C@@]34O[C@H](C5CCCCC5)O[C@@H]3C[C@H]3[C@@H]5CCC6=CC(=O)C=C[C@]6(C)[C@@]5(F)[C@@H](O)C[C@@]34C)CC2)c(OP(C)(C)=O)c1. The molecule has 9 rings (SSSR count). The third-order valence-corrected chi connectivity index (χ3v) is 20.5. The highest BCUT2D eigenvalue weighted by Crippen LogP contribution is 2.72. The molecule has 2 aromatic rings. The third-order valence-electron chi connectivity index (χ3n) is 19.8. The summed E-state index contributed by atoms with van der Waals surface area (Å²) in [4.78, 5) is 45.4. The number of ether oxygens (including phenoxy) is 4. The summed E-state index contributed by atoms with van der Waals surface area (Å²) in [5, 5.41) is 24.1. The largest absolute Gasteiger partial charge is 0.444 e. The van der Waals surface area contributed by atoms with Crippen LogP contribution in [0.15, 0.2) is 72.3 Å². The topological polar surface area (TPSA) is 161 Å². The van der Waals surface area contributed by atoms with Gasteiger partial charge in [0, 0.05) is 74.4 Å². The zero-order chi connectivity index (χ0) is 58.0. The highest BCUT2D eigenvalue weighted by atomic mass is 31.2. The number of halogens is 1.